The van der Waals surface area contributed by atoms with Crippen molar-refractivity contribution in [3.63, 3.8) is 0 Å². The average Bonchev–Trinajstić information content (AvgIpc) is 3.06. The number of hydrogen-bond donors (Lipinski definition) is 3. The summed E-state index contributed by atoms with van der Waals surface area (Å²) < 4.78 is 20.8. The predicted octanol–water partition coefficient (Wildman–Crippen LogP) is -1.17. The second kappa shape index (κ2) is 7.13. The fourth-order valence-corrected chi connectivity index (χ4v) is 2.21. The highest BCUT2D eigenvalue weighted by atomic mass is 19.1. The van der Waals surface area contributed by atoms with E-state index in [1.165, 1.54) is 17.2 Å². The van der Waals surface area contributed by atoms with Crippen LogP contribution in [-0.4, -0.2) is 82.4 Å². The van der Waals surface area contributed by atoms with Crippen molar-refractivity contribution in [2.75, 3.05) is 27.2 Å². The number of ether oxygens (including phenoxy) is 1. The molecule has 4 N–H and O–H groups in total. The van der Waals surface area contributed by atoms with Gasteiger partial charge in [-0.1, -0.05) is 0 Å². The Kier molecular flexibility index (Phi) is 5.42. The largest absolute Gasteiger partial charge is 0.394 e. The second-order valence-electron chi connectivity index (χ2n) is 5.34. The van der Waals surface area contributed by atoms with Crippen LogP contribution in [0.3, 0.4) is 0 Å². The normalized spacial score (nSPS) is 27.7. The number of aliphatic hydroxyl groups excluding tert-OH is 2. The number of imidazole rings is 1. The van der Waals surface area contributed by atoms with Gasteiger partial charge >= 0.3 is 0 Å². The van der Waals surface area contributed by atoms with E-state index >= 15 is 0 Å². The van der Waals surface area contributed by atoms with Gasteiger partial charge in [0.25, 0.3) is 0 Å². The van der Waals surface area contributed by atoms with E-state index in [0.29, 0.717) is 0 Å². The molecule has 1 fully saturated rings. The lowest BCUT2D eigenvalue weighted by Gasteiger charge is -2.16. The van der Waals surface area contributed by atoms with Gasteiger partial charge in [0.05, 0.1) is 25.8 Å². The van der Waals surface area contributed by atoms with Crippen LogP contribution in [0.15, 0.2) is 11.3 Å². The van der Waals surface area contributed by atoms with Crippen LogP contribution in [0, 0.1) is 0 Å². The van der Waals surface area contributed by atoms with E-state index < -0.39 is 37.0 Å². The summed E-state index contributed by atoms with van der Waals surface area (Å²) in [5.41, 5.74) is 5.33. The quantitative estimate of drug-likeness (QED) is 0.341. The topological polar surface area (TPSA) is 126 Å². The number of alkyl halides is 1. The molecule has 1 saturated heterocycles. The number of Topliss-reactive ketones (excluding diaryl/α,β-unsaturated/α-hetero) is 1. The number of nitrogens with two attached hydrogens (primary N) is 1. The molecule has 0 saturated carbocycles. The van der Waals surface area contributed by atoms with Gasteiger partial charge in [-0.3, -0.25) is 9.36 Å². The maximum Gasteiger partial charge on any atom is 0.198 e. The minimum atomic E-state index is -1.80. The van der Waals surface area contributed by atoms with Crippen molar-refractivity contribution in [3.05, 3.63) is 12.0 Å². The Labute approximate surface area is 132 Å². The van der Waals surface area contributed by atoms with E-state index in [2.05, 4.69) is 9.98 Å². The summed E-state index contributed by atoms with van der Waals surface area (Å²) in [7, 11) is 3.45. The summed E-state index contributed by atoms with van der Waals surface area (Å²) in [5, 5.41) is 18.8. The SMILES string of the molecule is CN(C)C=Nc1c(C(=O)CN)ncn1[C@@H]1O[C@H](CO)[C@@H](O)[C@@H]1F. The minimum absolute atomic E-state index is 0.0108. The van der Waals surface area contributed by atoms with Gasteiger partial charge in [0.15, 0.2) is 29.7 Å². The van der Waals surface area contributed by atoms with Crippen LogP contribution in [0.5, 0.6) is 0 Å². The number of aliphatic imine (C=N–C) groups is 1. The lowest BCUT2D eigenvalue weighted by molar-refractivity contribution is -0.0466. The molecule has 1 aromatic rings. The first-order valence-corrected chi connectivity index (χ1v) is 6.99. The van der Waals surface area contributed by atoms with Crippen LogP contribution < -0.4 is 5.73 Å². The number of rotatable bonds is 6. The Hall–Kier alpha value is -1.88. The number of hydrogen-bond acceptors (Lipinski definition) is 7. The molecule has 9 nitrogen and oxygen atoms in total. The molecule has 2 rings (SSSR count). The maximum atomic E-state index is 14.3. The Morgan fingerprint density at radius 3 is 2.87 bits per heavy atom. The predicted molar refractivity (Wildman–Crippen MR) is 79.3 cm³/mol. The second-order valence-corrected chi connectivity index (χ2v) is 5.34. The first-order valence-electron chi connectivity index (χ1n) is 6.99. The summed E-state index contributed by atoms with van der Waals surface area (Å²) in [6.45, 7) is -0.800. The van der Waals surface area contributed by atoms with Crippen LogP contribution >= 0.6 is 0 Å². The standard InChI is InChI=1S/C13H20FN5O4/c1-18(2)5-17-12-10(7(21)3-15)16-6-19(12)13-9(14)11(22)8(4-20)23-13/h5-6,8-9,11,13,20,22H,3-4,15H2,1-2H3/t8-,9+,11-,13-/m1/s1. The molecule has 1 aliphatic rings. The van der Waals surface area contributed by atoms with Gasteiger partial charge in [0.2, 0.25) is 0 Å². The number of ketones is 1. The van der Waals surface area contributed by atoms with Gasteiger partial charge in [0.1, 0.15) is 12.2 Å². The average molecular weight is 329 g/mol. The molecule has 23 heavy (non-hydrogen) atoms. The minimum Gasteiger partial charge on any atom is -0.394 e. The molecule has 0 bridgehead atoms. The Balaban J connectivity index is 2.42. The Morgan fingerprint density at radius 1 is 1.65 bits per heavy atom. The van der Waals surface area contributed by atoms with Crippen LogP contribution in [0.2, 0.25) is 0 Å². The monoisotopic (exact) mass is 329 g/mol. The summed E-state index contributed by atoms with van der Waals surface area (Å²) in [6, 6.07) is 0. The van der Waals surface area contributed by atoms with Crippen molar-refractivity contribution in [1.29, 1.82) is 0 Å². The first-order chi connectivity index (χ1) is 10.9. The first kappa shape index (κ1) is 17.5. The summed E-state index contributed by atoms with van der Waals surface area (Å²) >= 11 is 0. The zero-order valence-corrected chi connectivity index (χ0v) is 12.8. The fraction of sp³-hybridized carbons (Fsp3) is 0.615. The van der Waals surface area contributed by atoms with Crippen LogP contribution in [0.25, 0.3) is 0 Å². The van der Waals surface area contributed by atoms with Crippen LogP contribution in [0.4, 0.5) is 10.2 Å². The molecule has 0 aliphatic carbocycles. The van der Waals surface area contributed by atoms with Gasteiger partial charge in [-0.05, 0) is 0 Å². The summed E-state index contributed by atoms with van der Waals surface area (Å²) in [5.74, 6) is -0.380. The summed E-state index contributed by atoms with van der Waals surface area (Å²) in [4.78, 5) is 21.5. The zero-order chi connectivity index (χ0) is 17.1. The molecule has 10 heteroatoms. The Bertz CT molecular complexity index is 591. The molecule has 0 radical (unpaired) electrons. The van der Waals surface area contributed by atoms with Crippen molar-refractivity contribution >= 4 is 17.9 Å². The van der Waals surface area contributed by atoms with Crippen LogP contribution in [0.1, 0.15) is 16.7 Å². The van der Waals surface area contributed by atoms with E-state index in [1.807, 2.05) is 0 Å². The van der Waals surface area contributed by atoms with Gasteiger partial charge in [-0.25, -0.2) is 14.4 Å². The molecule has 0 aromatic carbocycles. The van der Waals surface area contributed by atoms with Crippen molar-refractivity contribution in [1.82, 2.24) is 14.5 Å². The summed E-state index contributed by atoms with van der Waals surface area (Å²) in [6.07, 6.45) is -2.96. The zero-order valence-electron chi connectivity index (χ0n) is 12.8. The molecule has 0 unspecified atom stereocenters. The van der Waals surface area contributed by atoms with Gasteiger partial charge < -0.3 is 25.6 Å². The molecule has 0 spiro atoms. The third-order valence-electron chi connectivity index (χ3n) is 3.38. The third kappa shape index (κ3) is 3.39. The van der Waals surface area contributed by atoms with Crippen molar-refractivity contribution < 1.29 is 24.1 Å². The number of carbonyl (C=O) groups is 1. The smallest absolute Gasteiger partial charge is 0.198 e. The van der Waals surface area contributed by atoms with E-state index in [-0.39, 0.29) is 18.1 Å². The van der Waals surface area contributed by atoms with Gasteiger partial charge in [-0.15, -0.1) is 0 Å². The van der Waals surface area contributed by atoms with E-state index in [0.717, 1.165) is 0 Å². The highest BCUT2D eigenvalue weighted by Gasteiger charge is 2.45. The maximum absolute atomic E-state index is 14.3. The number of halogens is 1. The van der Waals surface area contributed by atoms with Crippen LogP contribution in [-0.2, 0) is 4.74 Å². The lowest BCUT2D eigenvalue weighted by atomic mass is 10.1. The molecular weight excluding hydrogens is 309 g/mol. The van der Waals surface area contributed by atoms with Crippen molar-refractivity contribution in [2.45, 2.75) is 24.6 Å². The molecule has 0 amide bonds. The lowest BCUT2D eigenvalue weighted by Crippen LogP contribution is -2.30. The van der Waals surface area contributed by atoms with Crippen molar-refractivity contribution in [3.8, 4) is 0 Å². The molecule has 1 aliphatic heterocycles. The highest BCUT2D eigenvalue weighted by molar-refractivity contribution is 5.99. The third-order valence-corrected chi connectivity index (χ3v) is 3.38. The number of aliphatic hydroxyl groups is 2. The van der Waals surface area contributed by atoms with E-state index in [9.17, 15) is 14.3 Å². The molecule has 128 valence electrons. The fourth-order valence-electron chi connectivity index (χ4n) is 2.21. The molecule has 1 aromatic heterocycles. The van der Waals surface area contributed by atoms with E-state index in [4.69, 9.17) is 15.6 Å². The van der Waals surface area contributed by atoms with Crippen molar-refractivity contribution in [2.24, 2.45) is 10.7 Å². The number of aromatic nitrogens is 2. The van der Waals surface area contributed by atoms with Gasteiger partial charge in [0, 0.05) is 14.1 Å². The Morgan fingerprint density at radius 2 is 2.35 bits per heavy atom. The highest BCUT2D eigenvalue weighted by Crippen LogP contribution is 2.35. The number of carbonyl (C=O) groups excluding carboxylic acids is 1. The molecule has 4 atom stereocenters. The molecule has 2 heterocycles. The van der Waals surface area contributed by atoms with E-state index in [1.54, 1.807) is 19.0 Å². The number of nitrogens with zero attached hydrogens (tertiary/aromatic N) is 4. The van der Waals surface area contributed by atoms with Gasteiger partial charge in [-0.2, -0.15) is 0 Å². The molecular formula is C13H20FN5O4.